The van der Waals surface area contributed by atoms with Crippen molar-refractivity contribution in [2.75, 3.05) is 41.2 Å². The second kappa shape index (κ2) is 6.39. The normalized spacial score (nSPS) is 13.1. The molecule has 0 heterocycles. The van der Waals surface area contributed by atoms with Crippen molar-refractivity contribution in [1.29, 1.82) is 0 Å². The van der Waals surface area contributed by atoms with Crippen molar-refractivity contribution in [2.24, 2.45) is 5.41 Å². The molecule has 0 aliphatic carbocycles. The molecule has 0 spiro atoms. The molecule has 0 fully saturated rings. The highest BCUT2D eigenvalue weighted by Crippen LogP contribution is 2.18. The van der Waals surface area contributed by atoms with E-state index < -0.39 is 15.8 Å². The summed E-state index contributed by atoms with van der Waals surface area (Å²) in [6.45, 7) is 2.41. The van der Waals surface area contributed by atoms with Gasteiger partial charge in [-0.05, 0) is 0 Å². The zero-order valence-corrected chi connectivity index (χ0v) is 10.3. The van der Waals surface area contributed by atoms with Gasteiger partial charge in [0.15, 0.2) is 0 Å². The van der Waals surface area contributed by atoms with Gasteiger partial charge in [0, 0.05) is 19.6 Å². The largest absolute Gasteiger partial charge is 0.399 e. The molecule has 0 rings (SSSR count). The third-order valence-electron chi connectivity index (χ3n) is 1.74. The monoisotopic (exact) mass is 242 g/mol. The summed E-state index contributed by atoms with van der Waals surface area (Å²) in [5, 5.41) is 0. The van der Waals surface area contributed by atoms with Gasteiger partial charge in [-0.1, -0.05) is 6.92 Å². The third kappa shape index (κ3) is 6.06. The van der Waals surface area contributed by atoms with Gasteiger partial charge in [0.25, 0.3) is 0 Å². The summed E-state index contributed by atoms with van der Waals surface area (Å²) >= 11 is 0. The molecule has 0 unspecified atom stereocenters. The van der Waals surface area contributed by atoms with E-state index in [1.807, 2.05) is 0 Å². The highest BCUT2D eigenvalue weighted by molar-refractivity contribution is 7.81. The molecule has 0 aliphatic heterocycles. The predicted molar refractivity (Wildman–Crippen MR) is 53.7 cm³/mol. The van der Waals surface area contributed by atoms with Gasteiger partial charge >= 0.3 is 10.4 Å². The molecule has 7 heteroatoms. The first kappa shape index (κ1) is 14.8. The molecule has 0 aliphatic rings. The molecule has 0 amide bonds. The zero-order chi connectivity index (χ0) is 11.9. The van der Waals surface area contributed by atoms with Crippen LogP contribution in [0.2, 0.25) is 0 Å². The average molecular weight is 242 g/mol. The molecule has 0 aromatic rings. The Bertz CT molecular complexity index is 254. The van der Waals surface area contributed by atoms with Crippen molar-refractivity contribution in [2.45, 2.75) is 6.92 Å². The van der Waals surface area contributed by atoms with Crippen molar-refractivity contribution in [1.82, 2.24) is 0 Å². The lowest BCUT2D eigenvalue weighted by atomic mass is 9.94. The Hall–Kier alpha value is -0.210. The molecule has 0 N–H and O–H groups in total. The number of ether oxygens (including phenoxy) is 2. The van der Waals surface area contributed by atoms with E-state index in [4.69, 9.17) is 9.47 Å². The first-order valence-corrected chi connectivity index (χ1v) is 5.65. The van der Waals surface area contributed by atoms with Crippen molar-refractivity contribution < 1.29 is 26.3 Å². The molecule has 0 aromatic heterocycles. The van der Waals surface area contributed by atoms with Gasteiger partial charge in [-0.15, -0.1) is 0 Å². The fraction of sp³-hybridized carbons (Fsp3) is 1.00. The van der Waals surface area contributed by atoms with Crippen LogP contribution in [0.3, 0.4) is 0 Å². The number of hydrogen-bond acceptors (Lipinski definition) is 6. The Balaban J connectivity index is 4.30. The summed E-state index contributed by atoms with van der Waals surface area (Å²) in [7, 11) is 0.194. The van der Waals surface area contributed by atoms with Crippen LogP contribution in [0.1, 0.15) is 6.92 Å². The summed E-state index contributed by atoms with van der Waals surface area (Å²) in [5.74, 6) is 0. The summed E-state index contributed by atoms with van der Waals surface area (Å²) in [6.07, 6.45) is 0. The summed E-state index contributed by atoms with van der Waals surface area (Å²) in [6, 6.07) is 0. The Morgan fingerprint density at radius 3 is 1.80 bits per heavy atom. The van der Waals surface area contributed by atoms with E-state index in [-0.39, 0.29) is 6.61 Å². The van der Waals surface area contributed by atoms with Crippen LogP contribution < -0.4 is 0 Å². The van der Waals surface area contributed by atoms with Gasteiger partial charge in [0.1, 0.15) is 0 Å². The van der Waals surface area contributed by atoms with Gasteiger partial charge in [-0.25, -0.2) is 4.18 Å². The molecule has 0 atom stereocenters. The number of hydrogen-bond donors (Lipinski definition) is 0. The molecule has 6 nitrogen and oxygen atoms in total. The standard InChI is InChI=1S/C8H18O6S/c1-8(5-11-2,6-12-3)7-14-15(9,10)13-4/h5-7H2,1-4H3. The van der Waals surface area contributed by atoms with Crippen LogP contribution in [0.15, 0.2) is 0 Å². The molecule has 15 heavy (non-hydrogen) atoms. The van der Waals surface area contributed by atoms with E-state index in [0.717, 1.165) is 7.11 Å². The van der Waals surface area contributed by atoms with Crippen molar-refractivity contribution in [3.63, 3.8) is 0 Å². The summed E-state index contributed by atoms with van der Waals surface area (Å²) < 4.78 is 40.6. The maximum atomic E-state index is 10.9. The second-order valence-electron chi connectivity index (χ2n) is 3.51. The number of methoxy groups -OCH3 is 2. The van der Waals surface area contributed by atoms with E-state index in [1.54, 1.807) is 6.92 Å². The lowest BCUT2D eigenvalue weighted by molar-refractivity contribution is -0.00847. The Morgan fingerprint density at radius 1 is 1.00 bits per heavy atom. The first-order valence-electron chi connectivity index (χ1n) is 4.32. The third-order valence-corrected chi connectivity index (χ3v) is 2.56. The minimum Gasteiger partial charge on any atom is -0.384 e. The van der Waals surface area contributed by atoms with E-state index in [2.05, 4.69) is 8.37 Å². The van der Waals surface area contributed by atoms with Crippen LogP contribution in [-0.2, 0) is 28.2 Å². The zero-order valence-electron chi connectivity index (χ0n) is 9.48. The van der Waals surface area contributed by atoms with Crippen molar-refractivity contribution in [3.05, 3.63) is 0 Å². The van der Waals surface area contributed by atoms with Gasteiger partial charge in [-0.2, -0.15) is 8.42 Å². The molecule has 0 saturated heterocycles. The molecule has 92 valence electrons. The predicted octanol–water partition coefficient (Wildman–Crippen LogP) is 0.193. The minimum atomic E-state index is -3.90. The summed E-state index contributed by atoms with van der Waals surface area (Å²) in [5.41, 5.74) is -0.519. The maximum Gasteiger partial charge on any atom is 0.399 e. The van der Waals surface area contributed by atoms with E-state index >= 15 is 0 Å². The van der Waals surface area contributed by atoms with E-state index in [1.165, 1.54) is 14.2 Å². The molecular weight excluding hydrogens is 224 g/mol. The Morgan fingerprint density at radius 2 is 1.47 bits per heavy atom. The SMILES string of the molecule is COCC(C)(COC)COS(=O)(=O)OC. The van der Waals surface area contributed by atoms with E-state index in [0.29, 0.717) is 13.2 Å². The lowest BCUT2D eigenvalue weighted by Crippen LogP contribution is -2.34. The second-order valence-corrected chi connectivity index (χ2v) is 4.90. The molecule has 0 aromatic carbocycles. The number of rotatable bonds is 8. The summed E-state index contributed by atoms with van der Waals surface area (Å²) in [4.78, 5) is 0. The van der Waals surface area contributed by atoms with Gasteiger partial charge in [0.05, 0.1) is 26.9 Å². The highest BCUT2D eigenvalue weighted by atomic mass is 32.3. The van der Waals surface area contributed by atoms with Crippen molar-refractivity contribution >= 4 is 10.4 Å². The maximum absolute atomic E-state index is 10.9. The Kier molecular flexibility index (Phi) is 6.30. The van der Waals surface area contributed by atoms with Crippen LogP contribution in [-0.4, -0.2) is 49.6 Å². The van der Waals surface area contributed by atoms with Gasteiger partial charge in [-0.3, -0.25) is 4.18 Å². The molecular formula is C8H18O6S. The molecule has 0 radical (unpaired) electrons. The van der Waals surface area contributed by atoms with Gasteiger partial charge in [0.2, 0.25) is 0 Å². The van der Waals surface area contributed by atoms with E-state index in [9.17, 15) is 8.42 Å². The van der Waals surface area contributed by atoms with Gasteiger partial charge < -0.3 is 9.47 Å². The topological polar surface area (TPSA) is 71.1 Å². The lowest BCUT2D eigenvalue weighted by Gasteiger charge is -2.26. The van der Waals surface area contributed by atoms with Crippen LogP contribution >= 0.6 is 0 Å². The quantitative estimate of drug-likeness (QED) is 0.605. The van der Waals surface area contributed by atoms with Crippen molar-refractivity contribution in [3.8, 4) is 0 Å². The van der Waals surface area contributed by atoms with Crippen LogP contribution in [0.25, 0.3) is 0 Å². The average Bonchev–Trinajstić information content (AvgIpc) is 2.16. The van der Waals surface area contributed by atoms with Crippen LogP contribution in [0, 0.1) is 5.41 Å². The fourth-order valence-corrected chi connectivity index (χ4v) is 1.61. The highest BCUT2D eigenvalue weighted by Gasteiger charge is 2.27. The Labute approximate surface area is 90.8 Å². The van der Waals surface area contributed by atoms with Crippen LogP contribution in [0.4, 0.5) is 0 Å². The smallest absolute Gasteiger partial charge is 0.384 e. The molecule has 0 saturated carbocycles. The first-order chi connectivity index (χ1) is 6.89. The minimum absolute atomic E-state index is 0.0507. The molecule has 0 bridgehead atoms. The van der Waals surface area contributed by atoms with Crippen LogP contribution in [0.5, 0.6) is 0 Å². The fourth-order valence-electron chi connectivity index (χ4n) is 1.08.